The van der Waals surface area contributed by atoms with Crippen molar-refractivity contribution < 1.29 is 4.79 Å². The molecular formula is C9H14ClN3O. The Morgan fingerprint density at radius 1 is 1.79 bits per heavy atom. The van der Waals surface area contributed by atoms with E-state index in [1.54, 1.807) is 0 Å². The topological polar surface area (TPSA) is 56.1 Å². The molecule has 1 rings (SSSR count). The number of hydrogen-bond acceptors (Lipinski definition) is 3. The Hall–Kier alpha value is -0.790. The third-order valence-electron chi connectivity index (χ3n) is 2.53. The minimum Gasteiger partial charge on any atom is -0.353 e. The molecule has 1 aliphatic rings. The molecule has 1 N–H and O–H groups in total. The molecule has 0 saturated carbocycles. The van der Waals surface area contributed by atoms with Crippen molar-refractivity contribution in [3.63, 3.8) is 0 Å². The first-order valence-corrected chi connectivity index (χ1v) is 4.99. The van der Waals surface area contributed by atoms with Crippen molar-refractivity contribution in [3.05, 3.63) is 0 Å². The monoisotopic (exact) mass is 215 g/mol. The average molecular weight is 216 g/mol. The van der Waals surface area contributed by atoms with Gasteiger partial charge in [0.25, 0.3) is 0 Å². The first kappa shape index (κ1) is 11.3. The van der Waals surface area contributed by atoms with Crippen molar-refractivity contribution in [3.8, 4) is 6.07 Å². The van der Waals surface area contributed by atoms with Gasteiger partial charge in [-0.3, -0.25) is 9.69 Å². The molecular weight excluding hydrogens is 202 g/mol. The molecule has 0 aromatic rings. The summed E-state index contributed by atoms with van der Waals surface area (Å²) >= 11 is 5.74. The molecule has 1 heterocycles. The Bertz CT molecular complexity index is 272. The number of hydrogen-bond donors (Lipinski definition) is 1. The van der Waals surface area contributed by atoms with Gasteiger partial charge in [0.15, 0.2) is 0 Å². The van der Waals surface area contributed by atoms with Crippen LogP contribution < -0.4 is 5.32 Å². The average Bonchev–Trinajstić information content (AvgIpc) is 2.13. The lowest BCUT2D eigenvalue weighted by Gasteiger charge is -2.41. The zero-order valence-corrected chi connectivity index (χ0v) is 9.14. The number of piperazine rings is 1. The molecule has 14 heavy (non-hydrogen) atoms. The molecule has 78 valence electrons. The normalized spacial score (nSPS) is 23.7. The molecule has 4 nitrogen and oxygen atoms in total. The minimum atomic E-state index is -0.567. The highest BCUT2D eigenvalue weighted by molar-refractivity contribution is 6.22. The molecule has 5 heteroatoms. The van der Waals surface area contributed by atoms with Crippen molar-refractivity contribution in [2.45, 2.75) is 24.8 Å². The minimum absolute atomic E-state index is 0.00874. The van der Waals surface area contributed by atoms with E-state index in [9.17, 15) is 4.79 Å². The quantitative estimate of drug-likeness (QED) is 0.676. The second-order valence-corrected chi connectivity index (χ2v) is 4.38. The maximum atomic E-state index is 11.5. The fourth-order valence-electron chi connectivity index (χ4n) is 1.50. The van der Waals surface area contributed by atoms with Gasteiger partial charge in [-0.05, 0) is 13.8 Å². The summed E-state index contributed by atoms with van der Waals surface area (Å²) in [7, 11) is 0. The van der Waals surface area contributed by atoms with E-state index in [1.807, 2.05) is 24.8 Å². The zero-order valence-electron chi connectivity index (χ0n) is 8.38. The molecule has 0 aromatic carbocycles. The Balaban J connectivity index is 2.68. The summed E-state index contributed by atoms with van der Waals surface area (Å²) in [6.07, 6.45) is 0. The van der Waals surface area contributed by atoms with E-state index in [-0.39, 0.29) is 5.91 Å². The number of carbonyl (C=O) groups is 1. The summed E-state index contributed by atoms with van der Waals surface area (Å²) in [6, 6.07) is 1.96. The second-order valence-electron chi connectivity index (χ2n) is 3.86. The summed E-state index contributed by atoms with van der Waals surface area (Å²) < 4.78 is 0. The number of alkyl halides is 1. The molecule has 1 fully saturated rings. The van der Waals surface area contributed by atoms with Crippen LogP contribution in [0.25, 0.3) is 0 Å². The van der Waals surface area contributed by atoms with Crippen molar-refractivity contribution in [1.82, 2.24) is 10.2 Å². The zero-order chi connectivity index (χ0) is 10.8. The number of nitriles is 1. The van der Waals surface area contributed by atoms with Crippen molar-refractivity contribution in [2.75, 3.05) is 19.6 Å². The smallest absolute Gasteiger partial charge is 0.240 e. The van der Waals surface area contributed by atoms with Crippen LogP contribution in [0.3, 0.4) is 0 Å². The standard InChI is InChI=1S/C9H14ClN3O/c1-9(2)8(14)12-3-4-13(9)6-7(10)5-11/h7H,3-4,6H2,1-2H3,(H,12,14). The summed E-state index contributed by atoms with van der Waals surface area (Å²) in [5.41, 5.74) is -0.567. The van der Waals surface area contributed by atoms with E-state index in [2.05, 4.69) is 5.32 Å². The molecule has 1 saturated heterocycles. The molecule has 0 spiro atoms. The van der Waals surface area contributed by atoms with Gasteiger partial charge in [0.2, 0.25) is 5.91 Å². The van der Waals surface area contributed by atoms with Crippen LogP contribution in [-0.2, 0) is 4.79 Å². The van der Waals surface area contributed by atoms with Gasteiger partial charge in [-0.1, -0.05) is 0 Å². The SMILES string of the molecule is CC1(C)C(=O)NCCN1CC(Cl)C#N. The highest BCUT2D eigenvalue weighted by Gasteiger charge is 2.38. The number of halogens is 1. The third-order valence-corrected chi connectivity index (χ3v) is 2.77. The van der Waals surface area contributed by atoms with Crippen LogP contribution in [-0.4, -0.2) is 41.4 Å². The van der Waals surface area contributed by atoms with Gasteiger partial charge in [0.1, 0.15) is 5.38 Å². The number of nitrogens with one attached hydrogen (secondary N) is 1. The Morgan fingerprint density at radius 3 is 3.00 bits per heavy atom. The Labute approximate surface area is 88.8 Å². The van der Waals surface area contributed by atoms with Gasteiger partial charge in [-0.2, -0.15) is 5.26 Å². The van der Waals surface area contributed by atoms with Crippen LogP contribution in [0.1, 0.15) is 13.8 Å². The van der Waals surface area contributed by atoms with Crippen LogP contribution in [0.5, 0.6) is 0 Å². The van der Waals surface area contributed by atoms with Crippen LogP contribution in [0.4, 0.5) is 0 Å². The van der Waals surface area contributed by atoms with E-state index < -0.39 is 10.9 Å². The highest BCUT2D eigenvalue weighted by Crippen LogP contribution is 2.18. The van der Waals surface area contributed by atoms with E-state index in [1.165, 1.54) is 0 Å². The van der Waals surface area contributed by atoms with E-state index in [0.717, 1.165) is 6.54 Å². The van der Waals surface area contributed by atoms with Crippen LogP contribution in [0.2, 0.25) is 0 Å². The maximum absolute atomic E-state index is 11.5. The van der Waals surface area contributed by atoms with Gasteiger partial charge in [-0.25, -0.2) is 0 Å². The van der Waals surface area contributed by atoms with Crippen LogP contribution in [0.15, 0.2) is 0 Å². The predicted molar refractivity (Wildman–Crippen MR) is 53.9 cm³/mol. The molecule has 0 radical (unpaired) electrons. The third kappa shape index (κ3) is 2.17. The van der Waals surface area contributed by atoms with Crippen molar-refractivity contribution in [1.29, 1.82) is 5.26 Å². The van der Waals surface area contributed by atoms with Crippen molar-refractivity contribution >= 4 is 17.5 Å². The molecule has 1 amide bonds. The maximum Gasteiger partial charge on any atom is 0.240 e. The summed E-state index contributed by atoms with van der Waals surface area (Å²) in [5, 5.41) is 10.8. The molecule has 0 aliphatic carbocycles. The number of carbonyl (C=O) groups excluding carboxylic acids is 1. The van der Waals surface area contributed by atoms with Gasteiger partial charge >= 0.3 is 0 Å². The fourth-order valence-corrected chi connectivity index (χ4v) is 1.66. The predicted octanol–water partition coefficient (Wildman–Crippen LogP) is 0.328. The number of amides is 1. The summed E-state index contributed by atoms with van der Waals surface area (Å²) in [4.78, 5) is 13.5. The molecule has 1 aliphatic heterocycles. The fraction of sp³-hybridized carbons (Fsp3) is 0.778. The van der Waals surface area contributed by atoms with E-state index in [0.29, 0.717) is 13.1 Å². The first-order valence-electron chi connectivity index (χ1n) is 4.55. The van der Waals surface area contributed by atoms with Gasteiger partial charge in [-0.15, -0.1) is 11.6 Å². The lowest BCUT2D eigenvalue weighted by molar-refractivity contribution is -0.134. The largest absolute Gasteiger partial charge is 0.353 e. The van der Waals surface area contributed by atoms with Gasteiger partial charge in [0.05, 0.1) is 11.6 Å². The van der Waals surface area contributed by atoms with Gasteiger partial charge < -0.3 is 5.32 Å². The Morgan fingerprint density at radius 2 is 2.43 bits per heavy atom. The van der Waals surface area contributed by atoms with Crippen LogP contribution in [0, 0.1) is 11.3 Å². The van der Waals surface area contributed by atoms with E-state index >= 15 is 0 Å². The molecule has 1 unspecified atom stereocenters. The molecule has 1 atom stereocenters. The summed E-state index contributed by atoms with van der Waals surface area (Å²) in [6.45, 7) is 5.46. The lowest BCUT2D eigenvalue weighted by atomic mass is 9.99. The van der Waals surface area contributed by atoms with Crippen molar-refractivity contribution in [2.24, 2.45) is 0 Å². The van der Waals surface area contributed by atoms with E-state index in [4.69, 9.17) is 16.9 Å². The lowest BCUT2D eigenvalue weighted by Crippen LogP contribution is -2.62. The number of nitrogens with zero attached hydrogens (tertiary/aromatic N) is 2. The van der Waals surface area contributed by atoms with Gasteiger partial charge in [0, 0.05) is 19.6 Å². The first-order chi connectivity index (χ1) is 6.48. The van der Waals surface area contributed by atoms with Crippen LogP contribution >= 0.6 is 11.6 Å². The summed E-state index contributed by atoms with van der Waals surface area (Å²) in [5.74, 6) is -0.00874. The molecule has 0 aromatic heterocycles. The molecule has 0 bridgehead atoms. The highest BCUT2D eigenvalue weighted by atomic mass is 35.5. The second kappa shape index (κ2) is 4.16. The number of rotatable bonds is 2. The Kier molecular flexibility index (Phi) is 3.35.